The monoisotopic (exact) mass is 306 g/mol. The van der Waals surface area contributed by atoms with Crippen LogP contribution in [0.3, 0.4) is 0 Å². The van der Waals surface area contributed by atoms with E-state index >= 15 is 0 Å². The number of ketones is 2. The van der Waals surface area contributed by atoms with Crippen molar-refractivity contribution in [1.29, 1.82) is 0 Å². The summed E-state index contributed by atoms with van der Waals surface area (Å²) in [6.45, 7) is 0. The molecule has 2 aromatic rings. The molecule has 0 bridgehead atoms. The molecule has 4 N–H and O–H groups in total. The van der Waals surface area contributed by atoms with Crippen LogP contribution in [0.1, 0.15) is 31.8 Å². The lowest BCUT2D eigenvalue weighted by Crippen LogP contribution is -2.24. The molecule has 0 spiro atoms. The molecule has 0 aromatic heterocycles. The van der Waals surface area contributed by atoms with Crippen molar-refractivity contribution in [3.8, 4) is 0 Å². The fourth-order valence-electron chi connectivity index (χ4n) is 2.37. The largest absolute Gasteiger partial charge is 0.398 e. The molecule has 3 rings (SSSR count). The molecule has 6 heteroatoms. The zero-order valence-corrected chi connectivity index (χ0v) is 11.5. The molecule has 0 unspecified atom stereocenters. The molecule has 1 aliphatic carbocycles. The minimum atomic E-state index is -0.441. The van der Waals surface area contributed by atoms with Crippen LogP contribution < -0.4 is 11.5 Å². The lowest BCUT2D eigenvalue weighted by molar-refractivity contribution is 0.0980. The van der Waals surface area contributed by atoms with Crippen molar-refractivity contribution >= 4 is 46.1 Å². The van der Waals surface area contributed by atoms with Crippen molar-refractivity contribution < 1.29 is 9.59 Å². The normalized spacial score (nSPS) is 13.1. The molecule has 0 saturated carbocycles. The molecule has 0 radical (unpaired) electrons. The fourth-order valence-corrected chi connectivity index (χ4v) is 2.86. The van der Waals surface area contributed by atoms with E-state index in [0.29, 0.717) is 0 Å². The Morgan fingerprint density at radius 1 is 0.650 bits per heavy atom. The maximum atomic E-state index is 12.6. The number of nitrogen functional groups attached to an aromatic ring is 2. The number of nitrogens with two attached hydrogens (primary N) is 2. The van der Waals surface area contributed by atoms with Crippen LogP contribution in [-0.2, 0) is 0 Å². The van der Waals surface area contributed by atoms with Gasteiger partial charge in [0, 0.05) is 11.4 Å². The van der Waals surface area contributed by atoms with Gasteiger partial charge in [-0.3, -0.25) is 9.59 Å². The third-order valence-electron chi connectivity index (χ3n) is 3.28. The molecular weight excluding hydrogens is 299 g/mol. The van der Waals surface area contributed by atoms with Crippen LogP contribution in [0.4, 0.5) is 11.4 Å². The highest BCUT2D eigenvalue weighted by atomic mass is 35.5. The van der Waals surface area contributed by atoms with E-state index in [1.165, 1.54) is 24.3 Å². The molecule has 0 saturated heterocycles. The first-order valence-corrected chi connectivity index (χ1v) is 6.44. The number of benzene rings is 2. The topological polar surface area (TPSA) is 86.2 Å². The quantitative estimate of drug-likeness (QED) is 0.625. The molecule has 100 valence electrons. The Bertz CT molecular complexity index is 671. The zero-order valence-electron chi connectivity index (χ0n) is 10.0. The lowest BCUT2D eigenvalue weighted by atomic mass is 9.82. The number of hydrogen-bond donors (Lipinski definition) is 2. The third-order valence-corrected chi connectivity index (χ3v) is 3.91. The van der Waals surface area contributed by atoms with E-state index in [2.05, 4.69) is 0 Å². The van der Waals surface area contributed by atoms with Crippen LogP contribution in [0, 0.1) is 0 Å². The maximum absolute atomic E-state index is 12.6. The number of hydrogen-bond acceptors (Lipinski definition) is 4. The van der Waals surface area contributed by atoms with Crippen molar-refractivity contribution in [1.82, 2.24) is 0 Å². The van der Waals surface area contributed by atoms with Crippen LogP contribution >= 0.6 is 23.2 Å². The van der Waals surface area contributed by atoms with Gasteiger partial charge in [0.05, 0.1) is 32.3 Å². The van der Waals surface area contributed by atoms with Crippen molar-refractivity contribution in [2.75, 3.05) is 11.5 Å². The van der Waals surface area contributed by atoms with Crippen LogP contribution in [0.2, 0.25) is 10.0 Å². The third kappa shape index (κ3) is 1.55. The van der Waals surface area contributed by atoms with Gasteiger partial charge in [0.2, 0.25) is 0 Å². The van der Waals surface area contributed by atoms with Gasteiger partial charge in [-0.15, -0.1) is 0 Å². The molecule has 1 aliphatic rings. The molecule has 0 amide bonds. The van der Waals surface area contributed by atoms with Gasteiger partial charge in [-0.2, -0.15) is 0 Å². The number of carbonyl (C=O) groups excluding carboxylic acids is 2. The molecule has 0 fully saturated rings. The minimum Gasteiger partial charge on any atom is -0.398 e. The second-order valence-electron chi connectivity index (χ2n) is 4.43. The average Bonchev–Trinajstić information content (AvgIpc) is 2.41. The van der Waals surface area contributed by atoms with E-state index in [4.69, 9.17) is 34.7 Å². The Labute approximate surface area is 124 Å². The first-order valence-electron chi connectivity index (χ1n) is 5.68. The number of halogens is 2. The minimum absolute atomic E-state index is 0.0802. The molecule has 0 atom stereocenters. The summed E-state index contributed by atoms with van der Waals surface area (Å²) in [4.78, 5) is 25.1. The predicted octanol–water partition coefficient (Wildman–Crippen LogP) is 2.93. The SMILES string of the molecule is Nc1ccc(Cl)c2c1C(=O)c1c(N)ccc(Cl)c1C2=O. The first-order chi connectivity index (χ1) is 9.43. The highest BCUT2D eigenvalue weighted by Crippen LogP contribution is 2.39. The van der Waals surface area contributed by atoms with E-state index in [9.17, 15) is 9.59 Å². The second-order valence-corrected chi connectivity index (χ2v) is 5.25. The molecule has 0 aliphatic heterocycles. The van der Waals surface area contributed by atoms with Gasteiger partial charge in [-0.25, -0.2) is 0 Å². The number of fused-ring (bicyclic) bond motifs is 2. The Morgan fingerprint density at radius 3 is 1.40 bits per heavy atom. The summed E-state index contributed by atoms with van der Waals surface area (Å²) in [5.74, 6) is -0.876. The van der Waals surface area contributed by atoms with Crippen molar-refractivity contribution in [2.24, 2.45) is 0 Å². The van der Waals surface area contributed by atoms with Crippen molar-refractivity contribution in [2.45, 2.75) is 0 Å². The molecular formula is C14H8Cl2N2O2. The molecule has 0 heterocycles. The lowest BCUT2D eigenvalue weighted by Gasteiger charge is -2.21. The van der Waals surface area contributed by atoms with Crippen LogP contribution in [0.25, 0.3) is 0 Å². The van der Waals surface area contributed by atoms with Gasteiger partial charge >= 0.3 is 0 Å². The van der Waals surface area contributed by atoms with Gasteiger partial charge in [-0.1, -0.05) is 23.2 Å². The van der Waals surface area contributed by atoms with E-state index < -0.39 is 11.6 Å². The van der Waals surface area contributed by atoms with Gasteiger partial charge in [0.1, 0.15) is 0 Å². The highest BCUT2D eigenvalue weighted by Gasteiger charge is 2.36. The Balaban J connectivity index is 2.46. The Hall–Kier alpha value is -2.04. The molecule has 2 aromatic carbocycles. The van der Waals surface area contributed by atoms with Crippen LogP contribution in [-0.4, -0.2) is 11.6 Å². The number of rotatable bonds is 0. The van der Waals surface area contributed by atoms with Gasteiger partial charge in [0.15, 0.2) is 11.6 Å². The average molecular weight is 307 g/mol. The Kier molecular flexibility index (Phi) is 2.74. The van der Waals surface area contributed by atoms with E-state index in [1.807, 2.05) is 0 Å². The summed E-state index contributed by atoms with van der Waals surface area (Å²) in [6, 6.07) is 5.92. The highest BCUT2D eigenvalue weighted by molar-refractivity contribution is 6.44. The summed E-state index contributed by atoms with van der Waals surface area (Å²) in [5.41, 5.74) is 12.3. The number of carbonyl (C=O) groups is 2. The molecule has 20 heavy (non-hydrogen) atoms. The summed E-state index contributed by atoms with van der Waals surface area (Å²) in [5, 5.41) is 0.327. The molecule has 4 nitrogen and oxygen atoms in total. The van der Waals surface area contributed by atoms with Gasteiger partial charge in [-0.05, 0) is 24.3 Å². The van der Waals surface area contributed by atoms with E-state index in [0.717, 1.165) is 0 Å². The summed E-state index contributed by atoms with van der Waals surface area (Å²) in [7, 11) is 0. The Morgan fingerprint density at radius 2 is 1.00 bits per heavy atom. The summed E-state index contributed by atoms with van der Waals surface area (Å²) >= 11 is 12.1. The smallest absolute Gasteiger partial charge is 0.198 e. The standard InChI is InChI=1S/C14H8Cl2N2O2/c15-5-1-3-7(17)11-9(5)13(19)10-6(16)2-4-8(18)12(10)14(11)20/h1-4H,17-18H2. The summed E-state index contributed by atoms with van der Waals surface area (Å²) in [6.07, 6.45) is 0. The van der Waals surface area contributed by atoms with E-state index in [1.54, 1.807) is 0 Å². The fraction of sp³-hybridized carbons (Fsp3) is 0. The summed E-state index contributed by atoms with van der Waals surface area (Å²) < 4.78 is 0. The van der Waals surface area contributed by atoms with E-state index in [-0.39, 0.29) is 43.7 Å². The first kappa shape index (κ1) is 13.0. The van der Waals surface area contributed by atoms with Gasteiger partial charge in [0.25, 0.3) is 0 Å². The maximum Gasteiger partial charge on any atom is 0.198 e. The predicted molar refractivity (Wildman–Crippen MR) is 78.6 cm³/mol. The van der Waals surface area contributed by atoms with Crippen LogP contribution in [0.5, 0.6) is 0 Å². The van der Waals surface area contributed by atoms with Crippen molar-refractivity contribution in [3.63, 3.8) is 0 Å². The second kappa shape index (κ2) is 4.23. The van der Waals surface area contributed by atoms with Gasteiger partial charge < -0.3 is 11.5 Å². The van der Waals surface area contributed by atoms with Crippen LogP contribution in [0.15, 0.2) is 24.3 Å². The zero-order chi connectivity index (χ0) is 14.6. The number of anilines is 2. The van der Waals surface area contributed by atoms with Crippen molar-refractivity contribution in [3.05, 3.63) is 56.6 Å².